The maximum absolute atomic E-state index is 12.3. The number of carbonyl (C=O) groups is 1. The van der Waals surface area contributed by atoms with Gasteiger partial charge in [0.25, 0.3) is 5.91 Å². The van der Waals surface area contributed by atoms with E-state index in [0.717, 1.165) is 18.4 Å². The SMILES string of the molecule is CCc1ccc(S(N)(=O)=O)cc1C(=O)NC(CC)CC. The zero-order chi connectivity index (χ0) is 15.3. The van der Waals surface area contributed by atoms with E-state index in [9.17, 15) is 13.2 Å². The second kappa shape index (κ2) is 6.85. The zero-order valence-corrected chi connectivity index (χ0v) is 13.0. The van der Waals surface area contributed by atoms with Gasteiger partial charge < -0.3 is 5.32 Å². The Balaban J connectivity index is 3.17. The molecule has 0 saturated carbocycles. The molecule has 112 valence electrons. The third kappa shape index (κ3) is 4.05. The minimum atomic E-state index is -3.80. The molecule has 1 amide bonds. The number of carbonyl (C=O) groups excluding carboxylic acids is 1. The van der Waals surface area contributed by atoms with Gasteiger partial charge >= 0.3 is 0 Å². The van der Waals surface area contributed by atoms with Crippen molar-refractivity contribution in [2.45, 2.75) is 51.0 Å². The molecule has 6 heteroatoms. The Hall–Kier alpha value is -1.40. The van der Waals surface area contributed by atoms with E-state index >= 15 is 0 Å². The number of hydrogen-bond donors (Lipinski definition) is 2. The van der Waals surface area contributed by atoms with Crippen molar-refractivity contribution in [3.63, 3.8) is 0 Å². The standard InChI is InChI=1S/C14H22N2O3S/c1-4-10-7-8-12(20(15,18)19)9-13(10)14(17)16-11(5-2)6-3/h7-9,11H,4-6H2,1-3H3,(H,16,17)(H2,15,18,19). The third-order valence-electron chi connectivity index (χ3n) is 3.36. The summed E-state index contributed by atoms with van der Waals surface area (Å²) >= 11 is 0. The molecular formula is C14H22N2O3S. The summed E-state index contributed by atoms with van der Waals surface area (Å²) in [5, 5.41) is 8.02. The number of hydrogen-bond acceptors (Lipinski definition) is 3. The minimum absolute atomic E-state index is 0.0376. The van der Waals surface area contributed by atoms with Crippen LogP contribution in [0.4, 0.5) is 0 Å². The first kappa shape index (κ1) is 16.7. The molecule has 0 saturated heterocycles. The first-order valence-corrected chi connectivity index (χ1v) is 8.34. The molecule has 1 rings (SSSR count). The Morgan fingerprint density at radius 3 is 2.30 bits per heavy atom. The van der Waals surface area contributed by atoms with Gasteiger partial charge in [-0.1, -0.05) is 26.8 Å². The van der Waals surface area contributed by atoms with Gasteiger partial charge in [0, 0.05) is 11.6 Å². The van der Waals surface area contributed by atoms with Crippen molar-refractivity contribution in [2.24, 2.45) is 5.14 Å². The lowest BCUT2D eigenvalue weighted by atomic mass is 10.0. The van der Waals surface area contributed by atoms with E-state index in [0.29, 0.717) is 12.0 Å². The summed E-state index contributed by atoms with van der Waals surface area (Å²) in [6.07, 6.45) is 2.31. The zero-order valence-electron chi connectivity index (χ0n) is 12.1. The van der Waals surface area contributed by atoms with Gasteiger partial charge in [-0.2, -0.15) is 0 Å². The van der Waals surface area contributed by atoms with Crippen LogP contribution >= 0.6 is 0 Å². The Kier molecular flexibility index (Phi) is 5.71. The largest absolute Gasteiger partial charge is 0.349 e. The van der Waals surface area contributed by atoms with Gasteiger partial charge in [0.2, 0.25) is 10.0 Å². The molecule has 0 bridgehead atoms. The molecule has 0 aliphatic heterocycles. The second-order valence-corrected chi connectivity index (χ2v) is 6.27. The van der Waals surface area contributed by atoms with Crippen LogP contribution in [-0.4, -0.2) is 20.4 Å². The topological polar surface area (TPSA) is 89.3 Å². The minimum Gasteiger partial charge on any atom is -0.349 e. The van der Waals surface area contributed by atoms with Gasteiger partial charge in [0.05, 0.1) is 4.90 Å². The maximum atomic E-state index is 12.3. The molecule has 0 aromatic heterocycles. The highest BCUT2D eigenvalue weighted by Gasteiger charge is 2.17. The van der Waals surface area contributed by atoms with Gasteiger partial charge in [-0.15, -0.1) is 0 Å². The molecule has 3 N–H and O–H groups in total. The van der Waals surface area contributed by atoms with Gasteiger partial charge in [0.15, 0.2) is 0 Å². The molecule has 0 aliphatic carbocycles. The van der Waals surface area contributed by atoms with Crippen molar-refractivity contribution in [3.8, 4) is 0 Å². The summed E-state index contributed by atoms with van der Waals surface area (Å²) in [5.74, 6) is -0.249. The number of aryl methyl sites for hydroxylation is 1. The van der Waals surface area contributed by atoms with Gasteiger partial charge in [-0.3, -0.25) is 4.79 Å². The van der Waals surface area contributed by atoms with Crippen LogP contribution in [0.15, 0.2) is 23.1 Å². The molecule has 1 aromatic carbocycles. The van der Waals surface area contributed by atoms with Gasteiger partial charge in [0.1, 0.15) is 0 Å². The third-order valence-corrected chi connectivity index (χ3v) is 4.27. The lowest BCUT2D eigenvalue weighted by Gasteiger charge is -2.16. The number of nitrogens with two attached hydrogens (primary N) is 1. The predicted molar refractivity (Wildman–Crippen MR) is 79.0 cm³/mol. The molecule has 0 spiro atoms. The van der Waals surface area contributed by atoms with Crippen LogP contribution in [0.1, 0.15) is 49.5 Å². The van der Waals surface area contributed by atoms with Crippen molar-refractivity contribution >= 4 is 15.9 Å². The van der Waals surface area contributed by atoms with Crippen molar-refractivity contribution < 1.29 is 13.2 Å². The van der Waals surface area contributed by atoms with Crippen LogP contribution in [0, 0.1) is 0 Å². The first-order valence-electron chi connectivity index (χ1n) is 6.80. The number of sulfonamides is 1. The molecule has 5 nitrogen and oxygen atoms in total. The van der Waals surface area contributed by atoms with E-state index in [1.165, 1.54) is 12.1 Å². The molecule has 0 fully saturated rings. The maximum Gasteiger partial charge on any atom is 0.251 e. The Morgan fingerprint density at radius 2 is 1.85 bits per heavy atom. The number of nitrogens with one attached hydrogen (secondary N) is 1. The molecular weight excluding hydrogens is 276 g/mol. The Morgan fingerprint density at radius 1 is 1.25 bits per heavy atom. The number of amides is 1. The molecule has 20 heavy (non-hydrogen) atoms. The first-order chi connectivity index (χ1) is 9.33. The highest BCUT2D eigenvalue weighted by molar-refractivity contribution is 7.89. The second-order valence-electron chi connectivity index (χ2n) is 4.70. The van der Waals surface area contributed by atoms with Crippen molar-refractivity contribution in [1.29, 1.82) is 0 Å². The Labute approximate surface area is 120 Å². The highest BCUT2D eigenvalue weighted by Crippen LogP contribution is 2.16. The molecule has 1 aromatic rings. The van der Waals surface area contributed by atoms with Crippen molar-refractivity contribution in [2.75, 3.05) is 0 Å². The van der Waals surface area contributed by atoms with E-state index in [1.54, 1.807) is 6.07 Å². The van der Waals surface area contributed by atoms with Crippen LogP contribution in [0.2, 0.25) is 0 Å². The van der Waals surface area contributed by atoms with Crippen molar-refractivity contribution in [1.82, 2.24) is 5.32 Å². The normalized spacial score (nSPS) is 11.7. The molecule has 0 aliphatic rings. The van der Waals surface area contributed by atoms with E-state index < -0.39 is 10.0 Å². The van der Waals surface area contributed by atoms with Gasteiger partial charge in [-0.25, -0.2) is 13.6 Å². The number of rotatable bonds is 6. The van der Waals surface area contributed by atoms with E-state index in [-0.39, 0.29) is 16.8 Å². The predicted octanol–water partition coefficient (Wildman–Crippen LogP) is 1.81. The van der Waals surface area contributed by atoms with Crippen LogP contribution in [0.5, 0.6) is 0 Å². The van der Waals surface area contributed by atoms with Crippen LogP contribution in [0.25, 0.3) is 0 Å². The lowest BCUT2D eigenvalue weighted by molar-refractivity contribution is 0.0933. The van der Waals surface area contributed by atoms with E-state index in [4.69, 9.17) is 5.14 Å². The number of primary sulfonamides is 1. The summed E-state index contributed by atoms with van der Waals surface area (Å²) in [7, 11) is -3.80. The van der Waals surface area contributed by atoms with Crippen LogP contribution < -0.4 is 10.5 Å². The molecule has 0 heterocycles. The fourth-order valence-electron chi connectivity index (χ4n) is 2.01. The lowest BCUT2D eigenvalue weighted by Crippen LogP contribution is -2.34. The quantitative estimate of drug-likeness (QED) is 0.839. The van der Waals surface area contributed by atoms with Crippen LogP contribution in [0.3, 0.4) is 0 Å². The van der Waals surface area contributed by atoms with E-state index in [1.807, 2.05) is 20.8 Å². The van der Waals surface area contributed by atoms with Crippen LogP contribution in [-0.2, 0) is 16.4 Å². The fourth-order valence-corrected chi connectivity index (χ4v) is 2.55. The van der Waals surface area contributed by atoms with Crippen molar-refractivity contribution in [3.05, 3.63) is 29.3 Å². The van der Waals surface area contributed by atoms with E-state index in [2.05, 4.69) is 5.32 Å². The summed E-state index contributed by atoms with van der Waals surface area (Å²) in [5.41, 5.74) is 1.19. The average Bonchev–Trinajstić information content (AvgIpc) is 2.42. The smallest absolute Gasteiger partial charge is 0.251 e. The summed E-state index contributed by atoms with van der Waals surface area (Å²) < 4.78 is 22.8. The fraction of sp³-hybridized carbons (Fsp3) is 0.500. The van der Waals surface area contributed by atoms with Gasteiger partial charge in [-0.05, 0) is 37.0 Å². The molecule has 0 unspecified atom stereocenters. The summed E-state index contributed by atoms with van der Waals surface area (Å²) in [6, 6.07) is 4.51. The Bertz CT molecular complexity index is 578. The highest BCUT2D eigenvalue weighted by atomic mass is 32.2. The number of benzene rings is 1. The summed E-state index contributed by atoms with van der Waals surface area (Å²) in [6.45, 7) is 5.91. The molecule has 0 atom stereocenters. The average molecular weight is 298 g/mol. The molecule has 0 radical (unpaired) electrons. The summed E-state index contributed by atoms with van der Waals surface area (Å²) in [4.78, 5) is 12.2. The monoisotopic (exact) mass is 298 g/mol.